The van der Waals surface area contributed by atoms with Crippen molar-refractivity contribution in [1.29, 1.82) is 0 Å². The number of nitrogen functional groups attached to an aromatic ring is 2. The van der Waals surface area contributed by atoms with Crippen LogP contribution in [0.3, 0.4) is 0 Å². The highest BCUT2D eigenvalue weighted by atomic mass is 16.6. The van der Waals surface area contributed by atoms with E-state index in [0.29, 0.717) is 152 Å². The molecule has 0 atom stereocenters. The molecule has 0 fully saturated rings. The molecule has 0 amide bonds. The maximum atomic E-state index is 12.2. The van der Waals surface area contributed by atoms with Crippen LogP contribution in [0.2, 0.25) is 0 Å². The summed E-state index contributed by atoms with van der Waals surface area (Å²) in [6, 6.07) is 5.66. The molecule has 0 unspecified atom stereocenters. The number of aryl methyl sites for hydroxylation is 1. The first-order valence-electron chi connectivity index (χ1n) is 19.4. The first-order valence-corrected chi connectivity index (χ1v) is 19.4. The van der Waals surface area contributed by atoms with Crippen LogP contribution in [0.4, 0.5) is 11.8 Å². The van der Waals surface area contributed by atoms with Gasteiger partial charge in [0.1, 0.15) is 29.1 Å². The fourth-order valence-corrected chi connectivity index (χ4v) is 5.23. The van der Waals surface area contributed by atoms with Gasteiger partial charge in [-0.1, -0.05) is 13.3 Å². The van der Waals surface area contributed by atoms with Crippen LogP contribution in [0.15, 0.2) is 28.9 Å². The van der Waals surface area contributed by atoms with Crippen molar-refractivity contribution < 1.29 is 47.1 Å². The summed E-state index contributed by atoms with van der Waals surface area (Å²) in [5, 5.41) is 5.49. The number of unbranched alkanes of at least 4 members (excludes halogenated alkanes) is 2. The summed E-state index contributed by atoms with van der Waals surface area (Å²) in [4.78, 5) is 25.0. The molecule has 314 valence electrons. The predicted octanol–water partition coefficient (Wildman–Crippen LogP) is 3.44. The molecule has 4 aromatic rings. The van der Waals surface area contributed by atoms with Gasteiger partial charge in [-0.15, -0.1) is 0 Å². The van der Waals surface area contributed by atoms with Crippen LogP contribution >= 0.6 is 0 Å². The summed E-state index contributed by atoms with van der Waals surface area (Å²) in [6.07, 6.45) is 5.96. The lowest BCUT2D eigenvalue weighted by atomic mass is 10.1. The van der Waals surface area contributed by atoms with E-state index >= 15 is 0 Å². The van der Waals surface area contributed by atoms with Gasteiger partial charge in [-0.05, 0) is 37.5 Å². The van der Waals surface area contributed by atoms with Crippen molar-refractivity contribution in [2.75, 3.05) is 124 Å². The third kappa shape index (κ3) is 18.4. The molecule has 6 N–H and O–H groups in total. The van der Waals surface area contributed by atoms with Crippen molar-refractivity contribution in [3.05, 3.63) is 24.5 Å². The maximum absolute atomic E-state index is 12.2. The average Bonchev–Trinajstić information content (AvgIpc) is 3.77. The summed E-state index contributed by atoms with van der Waals surface area (Å²) in [5.41, 5.74) is 20.6. The summed E-state index contributed by atoms with van der Waals surface area (Å²) in [7, 11) is 1.65. The molecule has 3 aromatic heterocycles. The number of anilines is 2. The maximum Gasteiger partial charge on any atom is 0.292 e. The van der Waals surface area contributed by atoms with E-state index in [1.54, 1.807) is 13.2 Å². The Kier molecular flexibility index (Phi) is 24.4. The number of benzene rings is 1. The second-order valence-corrected chi connectivity index (χ2v) is 12.4. The minimum atomic E-state index is 0.111. The van der Waals surface area contributed by atoms with Gasteiger partial charge in [0, 0.05) is 45.2 Å². The number of Topliss-reactive ketones (excluding diaryl/α,β-unsaturated/α-hetero) is 1. The fraction of sp³-hybridized carbons (Fsp3) is 0.658. The van der Waals surface area contributed by atoms with Gasteiger partial charge in [0.05, 0.1) is 97.9 Å². The van der Waals surface area contributed by atoms with Crippen molar-refractivity contribution >= 4 is 39.7 Å². The van der Waals surface area contributed by atoms with Gasteiger partial charge in [0.25, 0.3) is 6.01 Å². The molecule has 0 saturated carbocycles. The van der Waals surface area contributed by atoms with Crippen molar-refractivity contribution in [2.45, 2.75) is 52.0 Å². The Morgan fingerprint density at radius 1 is 0.732 bits per heavy atom. The van der Waals surface area contributed by atoms with Crippen LogP contribution in [0.5, 0.6) is 0 Å². The van der Waals surface area contributed by atoms with Crippen LogP contribution < -0.4 is 17.2 Å². The Labute approximate surface area is 328 Å². The largest absolute Gasteiger partial charge is 0.424 e. The molecule has 18 nitrogen and oxygen atoms in total. The number of hydrogen-bond donors (Lipinski definition) is 3. The van der Waals surface area contributed by atoms with Gasteiger partial charge in [0.15, 0.2) is 11.2 Å². The zero-order valence-corrected chi connectivity index (χ0v) is 33.1. The predicted molar refractivity (Wildman–Crippen MR) is 212 cm³/mol. The van der Waals surface area contributed by atoms with E-state index in [-0.39, 0.29) is 11.8 Å². The minimum Gasteiger partial charge on any atom is -0.424 e. The summed E-state index contributed by atoms with van der Waals surface area (Å²) in [6.45, 7) is 11.9. The van der Waals surface area contributed by atoms with E-state index in [9.17, 15) is 4.79 Å². The first kappa shape index (κ1) is 46.5. The third-order valence-corrected chi connectivity index (χ3v) is 7.99. The van der Waals surface area contributed by atoms with Crippen LogP contribution in [-0.2, 0) is 49.2 Å². The molecule has 0 aliphatic carbocycles. The normalized spacial score (nSPS) is 11.4. The van der Waals surface area contributed by atoms with E-state index in [0.717, 1.165) is 37.9 Å². The quantitative estimate of drug-likeness (QED) is 0.0601. The van der Waals surface area contributed by atoms with Crippen LogP contribution in [0.1, 0.15) is 45.4 Å². The van der Waals surface area contributed by atoms with Gasteiger partial charge in [-0.2, -0.15) is 10.1 Å². The lowest BCUT2D eigenvalue weighted by Gasteiger charge is -2.06. The lowest BCUT2D eigenvalue weighted by molar-refractivity contribution is -0.120. The minimum absolute atomic E-state index is 0.111. The number of nitrogens with zero attached hydrogens (tertiary/aromatic N) is 5. The van der Waals surface area contributed by atoms with Gasteiger partial charge < -0.3 is 59.5 Å². The van der Waals surface area contributed by atoms with Gasteiger partial charge >= 0.3 is 0 Å². The molecular formula is C38H62N8O10. The Morgan fingerprint density at radius 3 is 1.96 bits per heavy atom. The fourth-order valence-electron chi connectivity index (χ4n) is 5.23. The molecule has 56 heavy (non-hydrogen) atoms. The monoisotopic (exact) mass is 790 g/mol. The number of fused-ring (bicyclic) bond motifs is 2. The van der Waals surface area contributed by atoms with Crippen LogP contribution in [-0.4, -0.2) is 143 Å². The summed E-state index contributed by atoms with van der Waals surface area (Å²) >= 11 is 0. The summed E-state index contributed by atoms with van der Waals surface area (Å²) in [5.74, 6) is 0.571. The molecule has 0 radical (unpaired) electrons. The van der Waals surface area contributed by atoms with Crippen molar-refractivity contribution in [2.24, 2.45) is 5.73 Å². The number of rotatable bonds is 32. The number of hydrogen-bond acceptors (Lipinski definition) is 17. The Hall–Kier alpha value is -3.85. The Morgan fingerprint density at radius 2 is 1.34 bits per heavy atom. The molecule has 0 aliphatic heterocycles. The van der Waals surface area contributed by atoms with Crippen molar-refractivity contribution in [3.8, 4) is 11.3 Å². The number of aromatic nitrogens is 5. The molecule has 0 saturated heterocycles. The molecule has 0 aliphatic rings. The number of carbonyl (C=O) groups is 1. The number of oxazole rings is 1. The number of methoxy groups -OCH3 is 1. The average molecular weight is 791 g/mol. The topological polar surface area (TPSA) is 239 Å². The van der Waals surface area contributed by atoms with Gasteiger partial charge in [-0.3, -0.25) is 4.79 Å². The van der Waals surface area contributed by atoms with Gasteiger partial charge in [0.2, 0.25) is 0 Å². The second kappa shape index (κ2) is 29.4. The highest BCUT2D eigenvalue weighted by Crippen LogP contribution is 2.32. The molecular weight excluding hydrogens is 728 g/mol. The Bertz CT molecular complexity index is 1610. The first-order chi connectivity index (χ1) is 27.5. The van der Waals surface area contributed by atoms with E-state index < -0.39 is 0 Å². The van der Waals surface area contributed by atoms with E-state index in [1.165, 1.54) is 6.33 Å². The van der Waals surface area contributed by atoms with Gasteiger partial charge in [-0.25, -0.2) is 14.6 Å². The molecule has 0 bridgehead atoms. The molecule has 4 rings (SSSR count). The number of ether oxygens (including phenoxy) is 8. The molecule has 0 spiro atoms. The SMILES string of the molecule is CCCOCCOCCOCCC(=O)CCCCCn1nc(-c2ccc3oc(N)nc3c2)c2c(N)ncnc21.COCCOCCOCCOCCOCCN. The van der Waals surface area contributed by atoms with E-state index in [2.05, 4.69) is 21.9 Å². The zero-order chi connectivity index (χ0) is 40.1. The van der Waals surface area contributed by atoms with Crippen LogP contribution in [0.25, 0.3) is 33.4 Å². The lowest BCUT2D eigenvalue weighted by Crippen LogP contribution is -2.14. The number of nitrogens with two attached hydrogens (primary N) is 3. The molecule has 1 aromatic carbocycles. The van der Waals surface area contributed by atoms with E-state index in [4.69, 9.17) is 64.6 Å². The smallest absolute Gasteiger partial charge is 0.292 e. The third-order valence-electron chi connectivity index (χ3n) is 7.99. The number of carbonyl (C=O) groups excluding carboxylic acids is 1. The highest BCUT2D eigenvalue weighted by Gasteiger charge is 2.18. The summed E-state index contributed by atoms with van der Waals surface area (Å²) < 4.78 is 49.3. The number of ketones is 1. The second-order valence-electron chi connectivity index (χ2n) is 12.4. The Balaban J connectivity index is 0.000000418. The highest BCUT2D eigenvalue weighted by molar-refractivity contribution is 5.99. The van der Waals surface area contributed by atoms with Crippen molar-refractivity contribution in [3.63, 3.8) is 0 Å². The molecule has 18 heteroatoms. The zero-order valence-electron chi connectivity index (χ0n) is 33.1. The van der Waals surface area contributed by atoms with Crippen LogP contribution in [0, 0.1) is 0 Å². The molecule has 3 heterocycles. The standard InChI is InChI=1S/C27H37N7O5.C11H25NO5/c1-2-11-36-13-15-38-16-14-37-12-9-20(35)6-4-3-5-10-34-26-23(25(28)30-18-31-26)24(33-34)19-7-8-22-21(17-19)32-27(29)39-22;1-13-4-5-15-8-9-17-11-10-16-7-6-14-3-2-12/h7-8,17-18H,2-6,9-16H2,1H3,(H2,29,32)(H2,28,30,31);2-12H2,1H3. The van der Waals surface area contributed by atoms with E-state index in [1.807, 2.05) is 16.8 Å². The van der Waals surface area contributed by atoms with Crippen molar-refractivity contribution in [1.82, 2.24) is 24.7 Å².